The van der Waals surface area contributed by atoms with E-state index >= 15 is 0 Å². The molecule has 0 saturated heterocycles. The summed E-state index contributed by atoms with van der Waals surface area (Å²) in [7, 11) is 3.36. The number of carbonyl (C=O) groups is 2. The number of benzene rings is 2. The first-order chi connectivity index (χ1) is 38.2. The first-order valence-corrected chi connectivity index (χ1v) is 32.1. The number of alkyl carbamates (subject to hydrolysis) is 1. The summed E-state index contributed by atoms with van der Waals surface area (Å²) in [6.45, 7) is 16.6. The third kappa shape index (κ3) is 16.6. The van der Waals surface area contributed by atoms with Gasteiger partial charge in [-0.15, -0.1) is 0 Å². The third-order valence-corrected chi connectivity index (χ3v) is 20.5. The summed E-state index contributed by atoms with van der Waals surface area (Å²) >= 11 is 0. The van der Waals surface area contributed by atoms with Crippen LogP contribution in [0.25, 0.3) is 0 Å². The average molecular weight is 1090 g/mol. The maximum absolute atomic E-state index is 12.9. The number of rotatable bonds is 33. The Bertz CT molecular complexity index is 2200. The van der Waals surface area contributed by atoms with Crippen LogP contribution < -0.4 is 20.1 Å². The molecule has 3 saturated carbocycles. The molecule has 440 valence electrons. The number of methoxy groups -OCH3 is 2. The van der Waals surface area contributed by atoms with Crippen molar-refractivity contribution in [1.29, 1.82) is 0 Å². The molecule has 79 heavy (non-hydrogen) atoms. The molecule has 0 aliphatic heterocycles. The van der Waals surface area contributed by atoms with E-state index in [2.05, 4.69) is 101 Å². The average Bonchev–Trinajstić information content (AvgIpc) is 4.02. The Morgan fingerprint density at radius 2 is 1.33 bits per heavy atom. The van der Waals surface area contributed by atoms with Crippen molar-refractivity contribution in [2.75, 3.05) is 33.9 Å². The molecule has 10 atom stereocenters. The van der Waals surface area contributed by atoms with Gasteiger partial charge in [0, 0.05) is 25.9 Å². The summed E-state index contributed by atoms with van der Waals surface area (Å²) in [6, 6.07) is 16.3. The van der Waals surface area contributed by atoms with Crippen LogP contribution in [0.4, 0.5) is 4.79 Å². The number of ether oxygens (including phenoxy) is 4. The summed E-state index contributed by atoms with van der Waals surface area (Å²) < 4.78 is 24.1. The van der Waals surface area contributed by atoms with E-state index in [0.717, 1.165) is 129 Å². The van der Waals surface area contributed by atoms with Crippen molar-refractivity contribution in [1.82, 2.24) is 10.6 Å². The molecule has 5 aliphatic carbocycles. The van der Waals surface area contributed by atoms with Crippen molar-refractivity contribution in [3.05, 3.63) is 95.1 Å². The van der Waals surface area contributed by atoms with Crippen molar-refractivity contribution < 1.29 is 33.6 Å². The largest absolute Gasteiger partial charge is 0.497 e. The van der Waals surface area contributed by atoms with E-state index < -0.39 is 11.7 Å². The number of nitrogens with one attached hydrogen (secondary N) is 2. The number of aliphatic hydroxyl groups is 1. The number of hydrogen-bond acceptors (Lipinski definition) is 7. The third-order valence-electron chi connectivity index (χ3n) is 20.5. The van der Waals surface area contributed by atoms with Crippen molar-refractivity contribution in [2.24, 2.45) is 52.3 Å². The van der Waals surface area contributed by atoms with Gasteiger partial charge in [-0.2, -0.15) is 0 Å². The van der Waals surface area contributed by atoms with E-state index in [1.165, 1.54) is 89.0 Å². The lowest BCUT2D eigenvalue weighted by molar-refractivity contribution is -0.121. The smallest absolute Gasteiger partial charge is 0.407 e. The Hall–Kier alpha value is -4.08. The number of hydrogen-bond donors (Lipinski definition) is 3. The molecule has 3 fully saturated rings. The molecule has 2 aromatic rings. The minimum absolute atomic E-state index is 0.00263. The highest BCUT2D eigenvalue weighted by atomic mass is 16.6. The van der Waals surface area contributed by atoms with Crippen LogP contribution >= 0.6 is 0 Å². The molecule has 9 heteroatoms. The van der Waals surface area contributed by atoms with Gasteiger partial charge < -0.3 is 34.7 Å². The second-order valence-electron chi connectivity index (χ2n) is 26.2. The molecule has 3 N–H and O–H groups in total. The van der Waals surface area contributed by atoms with Gasteiger partial charge in [-0.1, -0.05) is 173 Å². The summed E-state index contributed by atoms with van der Waals surface area (Å²) in [6.07, 6.45) is 38.2. The van der Waals surface area contributed by atoms with E-state index in [0.29, 0.717) is 44.4 Å². The molecule has 7 rings (SSSR count). The molecule has 0 spiro atoms. The predicted octanol–water partition coefficient (Wildman–Crippen LogP) is 17.0. The molecule has 0 heterocycles. The molecular formula is C70H108N2O7. The van der Waals surface area contributed by atoms with E-state index in [1.807, 2.05) is 24.3 Å². The summed E-state index contributed by atoms with van der Waals surface area (Å²) in [5.74, 6) is 7.02. The monoisotopic (exact) mass is 1090 g/mol. The molecule has 9 nitrogen and oxygen atoms in total. The number of unbranched alkanes of at least 4 members (excludes halogenated alkanes) is 10. The lowest BCUT2D eigenvalue weighted by Crippen LogP contribution is -2.51. The Kier molecular flexibility index (Phi) is 24.4. The zero-order valence-corrected chi connectivity index (χ0v) is 50.7. The molecule has 2 amide bonds. The minimum Gasteiger partial charge on any atom is -0.497 e. The molecule has 0 radical (unpaired) electrons. The number of carbonyl (C=O) groups excluding carboxylic acids is 2. The summed E-state index contributed by atoms with van der Waals surface area (Å²) in [4.78, 5) is 25.5. The van der Waals surface area contributed by atoms with E-state index in [4.69, 9.17) is 18.9 Å². The fourth-order valence-corrected chi connectivity index (χ4v) is 15.9. The maximum atomic E-state index is 12.9. The number of fused-ring (bicyclic) bond motifs is 5. The van der Waals surface area contributed by atoms with E-state index in [-0.39, 0.29) is 29.4 Å². The van der Waals surface area contributed by atoms with Gasteiger partial charge >= 0.3 is 6.09 Å². The lowest BCUT2D eigenvalue weighted by atomic mass is 9.47. The zero-order valence-electron chi connectivity index (χ0n) is 50.7. The molecule has 0 bridgehead atoms. The van der Waals surface area contributed by atoms with Gasteiger partial charge in [0.1, 0.15) is 23.2 Å². The molecule has 0 aromatic heterocycles. The topological polar surface area (TPSA) is 115 Å². The van der Waals surface area contributed by atoms with Gasteiger partial charge in [-0.05, 0) is 177 Å². The lowest BCUT2D eigenvalue weighted by Gasteiger charge is -2.58. The number of allylic oxidation sites excluding steroid dienone is 4. The highest BCUT2D eigenvalue weighted by molar-refractivity contribution is 5.75. The second-order valence-corrected chi connectivity index (χ2v) is 26.2. The standard InChI is InChI=1S/C70H108N2O7/c1-51(2)24-23-26-52(3)62-40-41-64-61-39-34-56-50-60(42-45-68(56,5)65(61)43-46-69(62,64)6)79-67(75)72-48-21-15-13-11-9-10-12-14-18-29-66(74)71-47-22-16-17-27-57(73)44-49-78-70(63-28-20-19-25-53(63)4,54-30-35-58(76-7)36-31-54)55-32-37-59(77-8)38-33-55/h19-20,28,30-38,51-53,57,60-62,64-65,73H,9-18,21-27,29,39-50H2,1-8H3,(H,71,74)(H,72,75)/t52-,53?,57?,60+,61?,62-,64?,65?,68+,69-/m0/s1. The van der Waals surface area contributed by atoms with Gasteiger partial charge in [0.25, 0.3) is 0 Å². The molecule has 5 aliphatic rings. The normalized spacial score (nSPS) is 26.3. The second kappa shape index (κ2) is 30.8. The Morgan fingerprint density at radius 1 is 0.696 bits per heavy atom. The van der Waals surface area contributed by atoms with Crippen LogP contribution in [-0.4, -0.2) is 63.2 Å². The Morgan fingerprint density at radius 3 is 1.97 bits per heavy atom. The number of aliphatic hydroxyl groups excluding tert-OH is 1. The van der Waals surface area contributed by atoms with Gasteiger partial charge in [0.15, 0.2) is 0 Å². The van der Waals surface area contributed by atoms with Gasteiger partial charge in [-0.3, -0.25) is 4.79 Å². The maximum Gasteiger partial charge on any atom is 0.407 e. The first kappa shape index (κ1) is 62.5. The predicted molar refractivity (Wildman–Crippen MR) is 323 cm³/mol. The fraction of sp³-hybridized carbons (Fsp3) is 0.714. The van der Waals surface area contributed by atoms with Crippen molar-refractivity contribution in [2.45, 2.75) is 233 Å². The van der Waals surface area contributed by atoms with Crippen LogP contribution in [0.3, 0.4) is 0 Å². The van der Waals surface area contributed by atoms with Gasteiger partial charge in [0.05, 0.1) is 26.9 Å². The first-order valence-electron chi connectivity index (χ1n) is 32.1. The van der Waals surface area contributed by atoms with Crippen LogP contribution in [-0.2, 0) is 19.9 Å². The fourth-order valence-electron chi connectivity index (χ4n) is 15.9. The quantitative estimate of drug-likeness (QED) is 0.0482. The van der Waals surface area contributed by atoms with Crippen molar-refractivity contribution in [3.63, 3.8) is 0 Å². The van der Waals surface area contributed by atoms with E-state index in [9.17, 15) is 14.7 Å². The van der Waals surface area contributed by atoms with Crippen LogP contribution in [0.2, 0.25) is 0 Å². The van der Waals surface area contributed by atoms with E-state index in [1.54, 1.807) is 19.8 Å². The molecule has 2 aromatic carbocycles. The van der Waals surface area contributed by atoms with Gasteiger partial charge in [0.2, 0.25) is 5.91 Å². The van der Waals surface area contributed by atoms with Crippen LogP contribution in [0, 0.1) is 52.3 Å². The highest BCUT2D eigenvalue weighted by Crippen LogP contribution is 2.67. The van der Waals surface area contributed by atoms with Gasteiger partial charge in [-0.25, -0.2) is 4.79 Å². The highest BCUT2D eigenvalue weighted by Gasteiger charge is 2.59. The Balaban J connectivity index is 0.683. The Labute approximate surface area is 479 Å². The number of amides is 2. The summed E-state index contributed by atoms with van der Waals surface area (Å²) in [5.41, 5.74) is 4.75. The van der Waals surface area contributed by atoms with Crippen LogP contribution in [0.1, 0.15) is 226 Å². The van der Waals surface area contributed by atoms with Crippen LogP contribution in [0.5, 0.6) is 11.5 Å². The van der Waals surface area contributed by atoms with Crippen molar-refractivity contribution >= 4 is 12.0 Å². The summed E-state index contributed by atoms with van der Waals surface area (Å²) in [5, 5.41) is 17.3. The zero-order chi connectivity index (χ0) is 56.3. The van der Waals surface area contributed by atoms with Crippen molar-refractivity contribution in [3.8, 4) is 11.5 Å². The van der Waals surface area contributed by atoms with Crippen LogP contribution in [0.15, 0.2) is 84.0 Å². The minimum atomic E-state index is -0.846. The molecule has 5 unspecified atom stereocenters. The SMILES string of the molecule is COc1ccc(C(OCCC(O)CCCCCNC(=O)CCCCCCCCCCCNC(=O)O[C@@H]2CC[C@]3(C)C(=CCC4C3CC[C@]3(C)C4CC[C@H]3[C@@H](C)CCCC(C)C)C2)(C2=CC=CCC2C)c2ccc(OC)cc2)cc1. The molecular weight excluding hydrogens is 981 g/mol.